The molecule has 0 saturated heterocycles. The number of hydrazine groups is 1. The Morgan fingerprint density at radius 1 is 1.05 bits per heavy atom. The number of aryl methyl sites for hydroxylation is 1. The van der Waals surface area contributed by atoms with Crippen LogP contribution in [0.3, 0.4) is 0 Å². The van der Waals surface area contributed by atoms with Crippen LogP contribution in [0.4, 0.5) is 0 Å². The maximum atomic E-state index is 12.2. The van der Waals surface area contributed by atoms with Crippen LogP contribution in [-0.4, -0.2) is 5.91 Å². The lowest BCUT2D eigenvalue weighted by atomic mass is 10.1. The summed E-state index contributed by atoms with van der Waals surface area (Å²) < 4.78 is 0. The molecule has 2 N–H and O–H groups in total. The number of rotatable bonds is 5. The second kappa shape index (κ2) is 6.06. The number of carbonyl (C=O) groups excluding carboxylic acids is 1. The fraction of sp³-hybridized carbons (Fsp3) is 0.211. The summed E-state index contributed by atoms with van der Waals surface area (Å²) in [5.74, 6) is 0.429. The number of amides is 1. The average molecular weight is 292 g/mol. The van der Waals surface area contributed by atoms with E-state index >= 15 is 0 Å². The summed E-state index contributed by atoms with van der Waals surface area (Å²) in [7, 11) is 0. The fourth-order valence-electron chi connectivity index (χ4n) is 2.61. The van der Waals surface area contributed by atoms with Crippen LogP contribution >= 0.6 is 0 Å². The largest absolute Gasteiger partial charge is 0.299 e. The van der Waals surface area contributed by atoms with Crippen molar-refractivity contribution < 1.29 is 4.79 Å². The minimum atomic E-state index is 0.0297. The van der Waals surface area contributed by atoms with E-state index in [1.54, 1.807) is 0 Å². The number of carbonyl (C=O) groups is 1. The zero-order chi connectivity index (χ0) is 15.5. The van der Waals surface area contributed by atoms with Gasteiger partial charge < -0.3 is 0 Å². The molecule has 3 heteroatoms. The van der Waals surface area contributed by atoms with Crippen LogP contribution in [0.25, 0.3) is 5.70 Å². The summed E-state index contributed by atoms with van der Waals surface area (Å²) in [5.41, 5.74) is 9.79. The van der Waals surface area contributed by atoms with Crippen LogP contribution in [0.2, 0.25) is 0 Å². The summed E-state index contributed by atoms with van der Waals surface area (Å²) in [6.45, 7) is 6.00. The van der Waals surface area contributed by atoms with Crippen molar-refractivity contribution in [1.82, 2.24) is 10.9 Å². The zero-order valence-electron chi connectivity index (χ0n) is 12.7. The summed E-state index contributed by atoms with van der Waals surface area (Å²) in [4.78, 5) is 12.2. The van der Waals surface area contributed by atoms with Crippen LogP contribution in [0, 0.1) is 12.8 Å². The van der Waals surface area contributed by atoms with Crippen LogP contribution in [0.1, 0.15) is 29.0 Å². The van der Waals surface area contributed by atoms with Gasteiger partial charge in [-0.3, -0.25) is 15.6 Å². The van der Waals surface area contributed by atoms with Crippen LogP contribution < -0.4 is 10.9 Å². The van der Waals surface area contributed by atoms with Crippen molar-refractivity contribution in [1.29, 1.82) is 0 Å². The van der Waals surface area contributed by atoms with Crippen molar-refractivity contribution in [3.63, 3.8) is 0 Å². The van der Waals surface area contributed by atoms with Crippen molar-refractivity contribution in [2.24, 2.45) is 5.92 Å². The molecule has 1 amide bonds. The van der Waals surface area contributed by atoms with E-state index < -0.39 is 0 Å². The molecule has 0 bridgehead atoms. The van der Waals surface area contributed by atoms with Gasteiger partial charge in [0, 0.05) is 5.92 Å². The first-order valence-electron chi connectivity index (χ1n) is 7.52. The van der Waals surface area contributed by atoms with Gasteiger partial charge in [-0.25, -0.2) is 0 Å². The topological polar surface area (TPSA) is 41.1 Å². The minimum absolute atomic E-state index is 0.0297. The molecule has 2 aromatic rings. The van der Waals surface area contributed by atoms with Gasteiger partial charge in [0.1, 0.15) is 0 Å². The molecule has 0 aromatic heterocycles. The third-order valence-electron chi connectivity index (χ3n) is 4.09. The summed E-state index contributed by atoms with van der Waals surface area (Å²) >= 11 is 0. The highest BCUT2D eigenvalue weighted by Crippen LogP contribution is 2.47. The van der Waals surface area contributed by atoms with Crippen LogP contribution in [0.5, 0.6) is 0 Å². The summed E-state index contributed by atoms with van der Waals surface area (Å²) in [6, 6.07) is 18.2. The van der Waals surface area contributed by atoms with Gasteiger partial charge >= 0.3 is 0 Å². The molecule has 1 aliphatic rings. The number of nitrogens with one attached hydrogen (secondary N) is 2. The van der Waals surface area contributed by atoms with Gasteiger partial charge in [0.15, 0.2) is 0 Å². The minimum Gasteiger partial charge on any atom is -0.299 e. The molecule has 1 fully saturated rings. The zero-order valence-corrected chi connectivity index (χ0v) is 12.7. The highest BCUT2D eigenvalue weighted by molar-refractivity contribution is 5.83. The van der Waals surface area contributed by atoms with E-state index in [2.05, 4.69) is 29.6 Å². The lowest BCUT2D eigenvalue weighted by Crippen LogP contribution is -2.37. The van der Waals surface area contributed by atoms with Crippen molar-refractivity contribution >= 4 is 11.6 Å². The first-order chi connectivity index (χ1) is 10.6. The molecular weight excluding hydrogens is 272 g/mol. The Kier molecular flexibility index (Phi) is 3.96. The maximum absolute atomic E-state index is 12.2. The molecule has 0 aliphatic heterocycles. The van der Waals surface area contributed by atoms with Gasteiger partial charge in [-0.2, -0.15) is 0 Å². The van der Waals surface area contributed by atoms with Crippen molar-refractivity contribution in [3.05, 3.63) is 77.9 Å². The van der Waals surface area contributed by atoms with E-state index in [4.69, 9.17) is 0 Å². The molecule has 0 heterocycles. The Bertz CT molecular complexity index is 676. The van der Waals surface area contributed by atoms with Crippen molar-refractivity contribution in [2.75, 3.05) is 0 Å². The maximum Gasteiger partial charge on any atom is 0.242 e. The van der Waals surface area contributed by atoms with Gasteiger partial charge in [0.05, 0.1) is 5.70 Å². The highest BCUT2D eigenvalue weighted by Gasteiger charge is 2.43. The normalized spacial score (nSPS) is 19.3. The fourth-order valence-corrected chi connectivity index (χ4v) is 2.61. The smallest absolute Gasteiger partial charge is 0.242 e. The number of hydrogen-bond donors (Lipinski definition) is 2. The van der Waals surface area contributed by atoms with E-state index in [0.717, 1.165) is 12.0 Å². The highest BCUT2D eigenvalue weighted by atomic mass is 16.2. The van der Waals surface area contributed by atoms with Gasteiger partial charge in [-0.1, -0.05) is 66.7 Å². The van der Waals surface area contributed by atoms with E-state index in [1.165, 1.54) is 11.1 Å². The molecule has 3 nitrogen and oxygen atoms in total. The van der Waals surface area contributed by atoms with Crippen molar-refractivity contribution in [2.45, 2.75) is 19.3 Å². The Morgan fingerprint density at radius 3 is 2.41 bits per heavy atom. The second-order valence-electron chi connectivity index (χ2n) is 5.82. The van der Waals surface area contributed by atoms with E-state index in [0.29, 0.717) is 11.6 Å². The molecule has 1 saturated carbocycles. The molecule has 1 aliphatic carbocycles. The van der Waals surface area contributed by atoms with Gasteiger partial charge in [0.2, 0.25) is 5.91 Å². The van der Waals surface area contributed by atoms with Crippen LogP contribution in [0.15, 0.2) is 61.2 Å². The van der Waals surface area contributed by atoms with E-state index in [-0.39, 0.29) is 11.8 Å². The number of hydrogen-bond acceptors (Lipinski definition) is 2. The summed E-state index contributed by atoms with van der Waals surface area (Å²) in [6.07, 6.45) is 0.911. The monoisotopic (exact) mass is 292 g/mol. The first kappa shape index (κ1) is 14.4. The van der Waals surface area contributed by atoms with Gasteiger partial charge in [-0.05, 0) is 30.4 Å². The summed E-state index contributed by atoms with van der Waals surface area (Å²) in [5, 5.41) is 0. The quantitative estimate of drug-likeness (QED) is 0.829. The number of benzene rings is 2. The standard InChI is InChI=1S/C19H20N2O/c1-13-8-10-15(11-9-13)14(2)20-21-19(22)18-12-17(18)16-6-4-3-5-7-16/h3-11,17-18,20H,2,12H2,1H3,(H,21,22). The lowest BCUT2D eigenvalue weighted by Gasteiger charge is -2.11. The Morgan fingerprint density at radius 2 is 1.73 bits per heavy atom. The predicted octanol–water partition coefficient (Wildman–Crippen LogP) is 3.39. The molecule has 3 rings (SSSR count). The molecule has 2 atom stereocenters. The lowest BCUT2D eigenvalue weighted by molar-refractivity contribution is -0.123. The third-order valence-corrected chi connectivity index (χ3v) is 4.09. The Balaban J connectivity index is 1.51. The molecule has 2 aromatic carbocycles. The molecule has 112 valence electrons. The molecule has 22 heavy (non-hydrogen) atoms. The Hall–Kier alpha value is -2.55. The molecule has 0 spiro atoms. The van der Waals surface area contributed by atoms with Gasteiger partial charge in [0.25, 0.3) is 0 Å². The van der Waals surface area contributed by atoms with Crippen molar-refractivity contribution in [3.8, 4) is 0 Å². The van der Waals surface area contributed by atoms with E-state index in [1.807, 2.05) is 49.4 Å². The van der Waals surface area contributed by atoms with Gasteiger partial charge in [-0.15, -0.1) is 0 Å². The molecular formula is C19H20N2O. The predicted molar refractivity (Wildman–Crippen MR) is 88.8 cm³/mol. The SMILES string of the molecule is C=C(NNC(=O)C1CC1c1ccccc1)c1ccc(C)cc1. The first-order valence-corrected chi connectivity index (χ1v) is 7.52. The molecule has 0 radical (unpaired) electrons. The third kappa shape index (κ3) is 3.19. The van der Waals surface area contributed by atoms with E-state index in [9.17, 15) is 4.79 Å². The second-order valence-corrected chi connectivity index (χ2v) is 5.82. The van der Waals surface area contributed by atoms with Crippen LogP contribution in [-0.2, 0) is 4.79 Å². The molecule has 2 unspecified atom stereocenters. The average Bonchev–Trinajstić information content (AvgIpc) is 3.34. The Labute approximate surface area is 131 Å².